The molecule has 8 heteroatoms. The zero-order chi connectivity index (χ0) is 26.5. The summed E-state index contributed by atoms with van der Waals surface area (Å²) in [6.07, 6.45) is 5.05. The molecule has 8 nitrogen and oxygen atoms in total. The average Bonchev–Trinajstić information content (AvgIpc) is 3.15. The predicted molar refractivity (Wildman–Crippen MR) is 144 cm³/mol. The van der Waals surface area contributed by atoms with Crippen molar-refractivity contribution in [2.24, 2.45) is 12.5 Å². The lowest BCUT2D eigenvalue weighted by atomic mass is 9.73. The monoisotopic (exact) mass is 500 g/mol. The number of nitrogens with zero attached hydrogens (tertiary/aromatic N) is 3. The van der Waals surface area contributed by atoms with Gasteiger partial charge in [0, 0.05) is 31.9 Å². The Kier molecular flexibility index (Phi) is 6.14. The lowest BCUT2D eigenvalue weighted by molar-refractivity contribution is -0.135. The molecular weight excluding hydrogens is 468 g/mol. The summed E-state index contributed by atoms with van der Waals surface area (Å²) in [6, 6.07) is 10.3. The molecule has 0 radical (unpaired) electrons. The van der Waals surface area contributed by atoms with Gasteiger partial charge in [-0.2, -0.15) is 0 Å². The fraction of sp³-hybridized carbons (Fsp3) is 0.379. The standard InChI is InChI=1S/C29H32N4O4/c1-17-15-21(18(2)30-23-8-6-5-7-20(23)27(35)36)24-22(16-17)26(34)33(4)25(31-24)19-9-11-29(12-10-19)13-14-32(3)28(29)37/h5-9,15-16,18,30H,10-14H2,1-4H3,(H,35,36)/t18-,29-/m1/s1. The molecule has 1 fully saturated rings. The van der Waals surface area contributed by atoms with Crippen molar-refractivity contribution in [3.05, 3.63) is 75.3 Å². The second-order valence-corrected chi connectivity index (χ2v) is 10.5. The maximum absolute atomic E-state index is 13.5. The second kappa shape index (κ2) is 9.18. The van der Waals surface area contributed by atoms with E-state index in [-0.39, 0.29) is 28.5 Å². The number of fused-ring (bicyclic) bond motifs is 1. The first-order valence-corrected chi connectivity index (χ1v) is 12.7. The van der Waals surface area contributed by atoms with Crippen LogP contribution in [0.5, 0.6) is 0 Å². The van der Waals surface area contributed by atoms with Crippen LogP contribution >= 0.6 is 0 Å². The summed E-state index contributed by atoms with van der Waals surface area (Å²) in [4.78, 5) is 44.8. The van der Waals surface area contributed by atoms with Gasteiger partial charge in [-0.05, 0) is 68.9 Å². The zero-order valence-electron chi connectivity index (χ0n) is 21.7. The van der Waals surface area contributed by atoms with Gasteiger partial charge in [0.1, 0.15) is 5.82 Å². The van der Waals surface area contributed by atoms with Gasteiger partial charge >= 0.3 is 5.97 Å². The Balaban J connectivity index is 1.57. The maximum atomic E-state index is 13.5. The number of carboxylic acids is 1. The second-order valence-electron chi connectivity index (χ2n) is 10.5. The van der Waals surface area contributed by atoms with E-state index < -0.39 is 5.97 Å². The van der Waals surface area contributed by atoms with Crippen LogP contribution in [0.4, 0.5) is 5.69 Å². The first-order chi connectivity index (χ1) is 17.6. The topological polar surface area (TPSA) is 105 Å². The summed E-state index contributed by atoms with van der Waals surface area (Å²) in [5.41, 5.74) is 3.59. The van der Waals surface area contributed by atoms with Crippen molar-refractivity contribution in [3.8, 4) is 0 Å². The van der Waals surface area contributed by atoms with Crippen LogP contribution in [-0.4, -0.2) is 45.0 Å². The Bertz CT molecular complexity index is 1520. The molecule has 2 aromatic carbocycles. The van der Waals surface area contributed by atoms with E-state index in [1.807, 2.05) is 37.9 Å². The van der Waals surface area contributed by atoms with Crippen molar-refractivity contribution in [1.82, 2.24) is 14.5 Å². The highest BCUT2D eigenvalue weighted by Crippen LogP contribution is 2.45. The Morgan fingerprint density at radius 2 is 1.92 bits per heavy atom. The zero-order valence-corrected chi connectivity index (χ0v) is 21.7. The molecule has 2 N–H and O–H groups in total. The van der Waals surface area contributed by atoms with Crippen LogP contribution in [0.15, 0.2) is 47.3 Å². The third-order valence-electron chi connectivity index (χ3n) is 7.98. The van der Waals surface area contributed by atoms with Crippen LogP contribution in [0.1, 0.15) is 66.0 Å². The number of benzene rings is 2. The minimum Gasteiger partial charge on any atom is -0.478 e. The molecule has 2 heterocycles. The number of hydrogen-bond acceptors (Lipinski definition) is 5. The molecule has 0 unspecified atom stereocenters. The first-order valence-electron chi connectivity index (χ1n) is 12.7. The van der Waals surface area contributed by atoms with Gasteiger partial charge < -0.3 is 15.3 Å². The Labute approximate surface area is 215 Å². The molecule has 0 bridgehead atoms. The Morgan fingerprint density at radius 3 is 2.57 bits per heavy atom. The molecule has 1 aliphatic heterocycles. The number of anilines is 1. The third kappa shape index (κ3) is 4.20. The molecular formula is C29H32N4O4. The molecule has 1 amide bonds. The van der Waals surface area contributed by atoms with Gasteiger partial charge in [-0.15, -0.1) is 0 Å². The number of para-hydroxylation sites is 1. The third-order valence-corrected chi connectivity index (χ3v) is 7.98. The molecule has 1 aromatic heterocycles. The number of hydrogen-bond donors (Lipinski definition) is 2. The summed E-state index contributed by atoms with van der Waals surface area (Å²) in [5, 5.41) is 13.4. The molecule has 37 heavy (non-hydrogen) atoms. The van der Waals surface area contributed by atoms with E-state index >= 15 is 0 Å². The minimum absolute atomic E-state index is 0.124. The molecule has 1 spiro atoms. The fourth-order valence-electron chi connectivity index (χ4n) is 5.79. The summed E-state index contributed by atoms with van der Waals surface area (Å²) in [7, 11) is 3.61. The van der Waals surface area contributed by atoms with E-state index in [0.29, 0.717) is 35.3 Å². The largest absolute Gasteiger partial charge is 0.478 e. The highest BCUT2D eigenvalue weighted by Gasteiger charge is 2.45. The van der Waals surface area contributed by atoms with Gasteiger partial charge in [0.15, 0.2) is 0 Å². The molecule has 2 aliphatic rings. The van der Waals surface area contributed by atoms with Gasteiger partial charge in [-0.1, -0.05) is 24.3 Å². The van der Waals surface area contributed by atoms with Gasteiger partial charge in [-0.3, -0.25) is 14.2 Å². The molecule has 2 atom stereocenters. The van der Waals surface area contributed by atoms with Gasteiger partial charge in [0.25, 0.3) is 5.56 Å². The van der Waals surface area contributed by atoms with Crippen LogP contribution in [0.2, 0.25) is 0 Å². The number of carbonyl (C=O) groups is 2. The molecule has 0 saturated carbocycles. The number of likely N-dealkylation sites (tertiary alicyclic amines) is 1. The van der Waals surface area contributed by atoms with Crippen molar-refractivity contribution < 1.29 is 14.7 Å². The quantitative estimate of drug-likeness (QED) is 0.533. The lowest BCUT2D eigenvalue weighted by Crippen LogP contribution is -2.34. The van der Waals surface area contributed by atoms with Crippen molar-refractivity contribution in [1.29, 1.82) is 0 Å². The van der Waals surface area contributed by atoms with Gasteiger partial charge in [0.2, 0.25) is 5.91 Å². The van der Waals surface area contributed by atoms with Crippen LogP contribution < -0.4 is 10.9 Å². The van der Waals surface area contributed by atoms with Gasteiger partial charge in [0.05, 0.1) is 27.9 Å². The van der Waals surface area contributed by atoms with Crippen molar-refractivity contribution in [2.75, 3.05) is 18.9 Å². The van der Waals surface area contributed by atoms with E-state index in [0.717, 1.165) is 36.1 Å². The van der Waals surface area contributed by atoms with E-state index in [2.05, 4.69) is 11.4 Å². The van der Waals surface area contributed by atoms with Crippen LogP contribution in [-0.2, 0) is 11.8 Å². The molecule has 192 valence electrons. The predicted octanol–water partition coefficient (Wildman–Crippen LogP) is 4.53. The normalized spacial score (nSPS) is 20.4. The summed E-state index contributed by atoms with van der Waals surface area (Å²) >= 11 is 0. The number of aromatic nitrogens is 2. The van der Waals surface area contributed by atoms with Crippen molar-refractivity contribution in [2.45, 2.75) is 45.6 Å². The molecule has 1 saturated heterocycles. The number of allylic oxidation sites excluding steroid dienone is 2. The lowest BCUT2D eigenvalue weighted by Gasteiger charge is -2.30. The average molecular weight is 501 g/mol. The molecule has 1 aliphatic carbocycles. The van der Waals surface area contributed by atoms with Crippen LogP contribution in [0.25, 0.3) is 16.5 Å². The van der Waals surface area contributed by atoms with E-state index in [1.165, 1.54) is 0 Å². The van der Waals surface area contributed by atoms with E-state index in [4.69, 9.17) is 4.98 Å². The first kappa shape index (κ1) is 24.7. The number of aryl methyl sites for hydroxylation is 1. The van der Waals surface area contributed by atoms with E-state index in [1.54, 1.807) is 35.9 Å². The fourth-order valence-corrected chi connectivity index (χ4v) is 5.79. The number of carboxylic acid groups (broad SMARTS) is 1. The number of rotatable bonds is 5. The minimum atomic E-state index is -1.01. The SMILES string of the molecule is Cc1cc([C@@H](C)Nc2ccccc2C(=O)O)c2nc(C3=CC[C@@]4(CC3)CCN(C)C4=O)n(C)c(=O)c2c1. The van der Waals surface area contributed by atoms with Crippen LogP contribution in [0.3, 0.4) is 0 Å². The highest BCUT2D eigenvalue weighted by molar-refractivity contribution is 5.94. The van der Waals surface area contributed by atoms with Crippen molar-refractivity contribution in [3.63, 3.8) is 0 Å². The Morgan fingerprint density at radius 1 is 1.16 bits per heavy atom. The molecule has 5 rings (SSSR count). The summed E-state index contributed by atoms with van der Waals surface area (Å²) in [6.45, 7) is 4.66. The van der Waals surface area contributed by atoms with Crippen molar-refractivity contribution >= 4 is 34.0 Å². The number of carbonyl (C=O) groups excluding carboxylic acids is 1. The number of aromatic carboxylic acids is 1. The van der Waals surface area contributed by atoms with E-state index in [9.17, 15) is 19.5 Å². The highest BCUT2D eigenvalue weighted by atomic mass is 16.4. The Hall–Kier alpha value is -3.94. The van der Waals surface area contributed by atoms with Gasteiger partial charge in [-0.25, -0.2) is 9.78 Å². The maximum Gasteiger partial charge on any atom is 0.337 e. The smallest absolute Gasteiger partial charge is 0.337 e. The molecule has 3 aromatic rings. The van der Waals surface area contributed by atoms with Crippen LogP contribution in [0, 0.1) is 12.3 Å². The summed E-state index contributed by atoms with van der Waals surface area (Å²) < 4.78 is 1.61. The number of nitrogens with one attached hydrogen (secondary N) is 1. The summed E-state index contributed by atoms with van der Waals surface area (Å²) in [5.74, 6) is -0.176. The number of amides is 1.